The number of aromatic nitrogens is 2. The lowest BCUT2D eigenvalue weighted by atomic mass is 10.4. The van der Waals surface area contributed by atoms with E-state index in [0.29, 0.717) is 11.2 Å². The Balaban J connectivity index is 2.39. The number of halogens is 1. The Hall–Kier alpha value is -1.63. The van der Waals surface area contributed by atoms with Crippen LogP contribution in [0.15, 0.2) is 27.5 Å². The van der Waals surface area contributed by atoms with Crippen molar-refractivity contribution in [2.24, 2.45) is 0 Å². The van der Waals surface area contributed by atoms with Crippen LogP contribution in [0.2, 0.25) is 0 Å². The van der Waals surface area contributed by atoms with Gasteiger partial charge in [0.15, 0.2) is 11.2 Å². The number of methoxy groups -OCH3 is 1. The number of oxazole rings is 1. The van der Waals surface area contributed by atoms with Crippen LogP contribution in [0.25, 0.3) is 11.2 Å². The summed E-state index contributed by atoms with van der Waals surface area (Å²) >= 11 is 3.14. The van der Waals surface area contributed by atoms with E-state index in [1.165, 1.54) is 11.7 Å². The van der Waals surface area contributed by atoms with Gasteiger partial charge in [0, 0.05) is 6.20 Å². The number of hydrogen-bond donors (Lipinski definition) is 0. The molecule has 0 bridgehead atoms. The lowest BCUT2D eigenvalue weighted by Crippen LogP contribution is -2.26. The molecule has 0 aliphatic heterocycles. The topological polar surface area (TPSA) is 74.3 Å². The van der Waals surface area contributed by atoms with E-state index < -0.39 is 16.6 Å². The maximum Gasteiger partial charge on any atom is 0.421 e. The number of pyridine rings is 1. The number of fused-ring (bicyclic) bond motifs is 1. The molecule has 1 unspecified atom stereocenters. The summed E-state index contributed by atoms with van der Waals surface area (Å²) in [7, 11) is 1.28. The molecular weight excluding hydrogens is 292 g/mol. The van der Waals surface area contributed by atoms with Crippen molar-refractivity contribution in [3.8, 4) is 0 Å². The van der Waals surface area contributed by atoms with Crippen molar-refractivity contribution in [1.29, 1.82) is 0 Å². The summed E-state index contributed by atoms with van der Waals surface area (Å²) in [5.74, 6) is -1.01. The molecule has 0 amide bonds. The summed E-state index contributed by atoms with van der Waals surface area (Å²) < 4.78 is 10.8. The first kappa shape index (κ1) is 11.8. The van der Waals surface area contributed by atoms with Gasteiger partial charge in [-0.2, -0.15) is 0 Å². The minimum Gasteiger partial charge on any atom is -0.468 e. The molecule has 2 aromatic rings. The quantitative estimate of drug-likeness (QED) is 0.622. The van der Waals surface area contributed by atoms with Crippen molar-refractivity contribution < 1.29 is 13.9 Å². The molecule has 0 N–H and O–H groups in total. The van der Waals surface area contributed by atoms with Crippen LogP contribution in [0.3, 0.4) is 0 Å². The van der Waals surface area contributed by atoms with Gasteiger partial charge in [-0.15, -0.1) is 0 Å². The van der Waals surface area contributed by atoms with Gasteiger partial charge in [0.2, 0.25) is 0 Å². The standard InChI is InChI=1S/C10H9BrN2O4/c1-16-9(14)6(11)5-13-8-7(17-10(13)15)3-2-4-12-8/h2-4,6H,5H2,1H3. The highest BCUT2D eigenvalue weighted by molar-refractivity contribution is 9.10. The van der Waals surface area contributed by atoms with Crippen molar-refractivity contribution in [3.63, 3.8) is 0 Å². The molecule has 6 nitrogen and oxygen atoms in total. The van der Waals surface area contributed by atoms with E-state index in [-0.39, 0.29) is 6.54 Å². The smallest absolute Gasteiger partial charge is 0.421 e. The number of hydrogen-bond acceptors (Lipinski definition) is 5. The summed E-state index contributed by atoms with van der Waals surface area (Å²) in [5.41, 5.74) is 0.799. The highest BCUT2D eigenvalue weighted by Crippen LogP contribution is 2.12. The Labute approximate surface area is 104 Å². The second kappa shape index (κ2) is 4.70. The fraction of sp³-hybridized carbons (Fsp3) is 0.300. The highest BCUT2D eigenvalue weighted by Gasteiger charge is 2.19. The SMILES string of the molecule is COC(=O)C(Br)Cn1c(=O)oc2cccnc21. The van der Waals surface area contributed by atoms with Gasteiger partial charge in [-0.25, -0.2) is 9.78 Å². The van der Waals surface area contributed by atoms with Gasteiger partial charge >= 0.3 is 11.7 Å². The molecule has 2 rings (SSSR count). The predicted molar refractivity (Wildman–Crippen MR) is 63.0 cm³/mol. The Morgan fingerprint density at radius 1 is 1.71 bits per heavy atom. The molecule has 2 aromatic heterocycles. The summed E-state index contributed by atoms with van der Waals surface area (Å²) in [6, 6.07) is 3.31. The van der Waals surface area contributed by atoms with Crippen molar-refractivity contribution in [2.45, 2.75) is 11.4 Å². The molecule has 0 aliphatic carbocycles. The second-order valence-corrected chi connectivity index (χ2v) is 4.40. The van der Waals surface area contributed by atoms with Crippen molar-refractivity contribution in [1.82, 2.24) is 9.55 Å². The molecule has 0 aromatic carbocycles. The van der Waals surface area contributed by atoms with Gasteiger partial charge in [0.25, 0.3) is 0 Å². The second-order valence-electron chi connectivity index (χ2n) is 3.29. The monoisotopic (exact) mass is 300 g/mol. The Morgan fingerprint density at radius 3 is 3.18 bits per heavy atom. The van der Waals surface area contributed by atoms with Crippen LogP contribution in [-0.4, -0.2) is 27.5 Å². The Morgan fingerprint density at radius 2 is 2.47 bits per heavy atom. The molecule has 1 atom stereocenters. The number of nitrogens with zero attached hydrogens (tertiary/aromatic N) is 2. The maximum absolute atomic E-state index is 11.6. The first-order chi connectivity index (χ1) is 8.13. The number of ether oxygens (including phenoxy) is 1. The zero-order valence-corrected chi connectivity index (χ0v) is 10.5. The minimum atomic E-state index is -0.618. The molecule has 0 saturated heterocycles. The fourth-order valence-electron chi connectivity index (χ4n) is 1.42. The van der Waals surface area contributed by atoms with E-state index in [4.69, 9.17) is 4.42 Å². The molecule has 0 spiro atoms. The first-order valence-electron chi connectivity index (χ1n) is 4.79. The number of carbonyl (C=O) groups is 1. The molecule has 0 saturated carbocycles. The Bertz CT molecular complexity index is 604. The van der Waals surface area contributed by atoms with Gasteiger partial charge in [0.1, 0.15) is 4.83 Å². The summed E-state index contributed by atoms with van der Waals surface area (Å²) in [6.45, 7) is 0.107. The fourth-order valence-corrected chi connectivity index (χ4v) is 1.90. The third kappa shape index (κ3) is 2.23. The van der Waals surface area contributed by atoms with Gasteiger partial charge in [-0.3, -0.25) is 9.36 Å². The molecule has 7 heteroatoms. The van der Waals surface area contributed by atoms with E-state index in [1.807, 2.05) is 0 Å². The Kier molecular flexibility index (Phi) is 3.28. The zero-order chi connectivity index (χ0) is 12.4. The zero-order valence-electron chi connectivity index (χ0n) is 8.92. The van der Waals surface area contributed by atoms with Gasteiger partial charge < -0.3 is 9.15 Å². The number of carbonyl (C=O) groups excluding carboxylic acids is 1. The van der Waals surface area contributed by atoms with Crippen molar-refractivity contribution >= 4 is 33.1 Å². The van der Waals surface area contributed by atoms with Crippen molar-refractivity contribution in [2.75, 3.05) is 7.11 Å². The van der Waals surface area contributed by atoms with E-state index in [0.717, 1.165) is 0 Å². The van der Waals surface area contributed by atoms with E-state index in [2.05, 4.69) is 25.7 Å². The molecule has 90 valence electrons. The first-order valence-corrected chi connectivity index (χ1v) is 5.71. The molecule has 0 aliphatic rings. The third-order valence-electron chi connectivity index (χ3n) is 2.22. The van der Waals surface area contributed by atoms with E-state index >= 15 is 0 Å². The summed E-state index contributed by atoms with van der Waals surface area (Å²) in [4.78, 5) is 26.2. The minimum absolute atomic E-state index is 0.107. The van der Waals surface area contributed by atoms with Crippen LogP contribution in [0, 0.1) is 0 Å². The van der Waals surface area contributed by atoms with Gasteiger partial charge in [-0.05, 0) is 12.1 Å². The summed E-state index contributed by atoms with van der Waals surface area (Å²) in [5, 5.41) is 0. The predicted octanol–water partition coefficient (Wildman–Crippen LogP) is 0.926. The number of rotatable bonds is 3. The largest absolute Gasteiger partial charge is 0.468 e. The van der Waals surface area contributed by atoms with Crippen LogP contribution in [0.5, 0.6) is 0 Å². The normalized spacial score (nSPS) is 12.6. The molecule has 17 heavy (non-hydrogen) atoms. The van der Waals surface area contributed by atoms with E-state index in [9.17, 15) is 9.59 Å². The molecule has 2 heterocycles. The van der Waals surface area contributed by atoms with Crippen LogP contribution < -0.4 is 5.76 Å². The van der Waals surface area contributed by atoms with Crippen molar-refractivity contribution in [3.05, 3.63) is 28.9 Å². The number of alkyl halides is 1. The van der Waals surface area contributed by atoms with Crippen LogP contribution in [-0.2, 0) is 16.1 Å². The maximum atomic E-state index is 11.6. The van der Waals surface area contributed by atoms with Crippen LogP contribution in [0.1, 0.15) is 0 Å². The third-order valence-corrected chi connectivity index (χ3v) is 2.89. The highest BCUT2D eigenvalue weighted by atomic mass is 79.9. The summed E-state index contributed by atoms with van der Waals surface area (Å²) in [6.07, 6.45) is 1.55. The lowest BCUT2D eigenvalue weighted by molar-refractivity contribution is -0.140. The lowest BCUT2D eigenvalue weighted by Gasteiger charge is -2.06. The molecule has 0 fully saturated rings. The average molecular weight is 301 g/mol. The van der Waals surface area contributed by atoms with Crippen LogP contribution in [0.4, 0.5) is 0 Å². The molecular formula is C10H9BrN2O4. The number of esters is 1. The average Bonchev–Trinajstić information content (AvgIpc) is 2.65. The van der Waals surface area contributed by atoms with Gasteiger partial charge in [-0.1, -0.05) is 15.9 Å². The van der Waals surface area contributed by atoms with Gasteiger partial charge in [0.05, 0.1) is 13.7 Å². The van der Waals surface area contributed by atoms with E-state index in [1.54, 1.807) is 18.3 Å². The molecule has 0 radical (unpaired) electrons. The van der Waals surface area contributed by atoms with Crippen LogP contribution >= 0.6 is 15.9 Å².